The summed E-state index contributed by atoms with van der Waals surface area (Å²) in [5.74, 6) is -2.38. The Morgan fingerprint density at radius 2 is 2.04 bits per heavy atom. The van der Waals surface area contributed by atoms with Crippen LogP contribution in [0.4, 0.5) is 17.6 Å². The molecule has 28 heavy (non-hydrogen) atoms. The first-order valence-electron chi connectivity index (χ1n) is 8.62. The fourth-order valence-corrected chi connectivity index (χ4v) is 3.61. The number of ether oxygens (including phenoxy) is 2. The lowest BCUT2D eigenvalue weighted by molar-refractivity contribution is -0.275. The molecule has 2 N–H and O–H groups in total. The average Bonchev–Trinajstić information content (AvgIpc) is 3.05. The lowest BCUT2D eigenvalue weighted by Crippen LogP contribution is -2.32. The fourth-order valence-electron chi connectivity index (χ4n) is 3.61. The van der Waals surface area contributed by atoms with Gasteiger partial charge in [0.25, 0.3) is 0 Å². The summed E-state index contributed by atoms with van der Waals surface area (Å²) in [6.07, 6.45) is -1.71. The molecule has 0 aliphatic carbocycles. The zero-order chi connectivity index (χ0) is 20.1. The second-order valence-electron chi connectivity index (χ2n) is 6.53. The highest BCUT2D eigenvalue weighted by molar-refractivity contribution is 6.65. The molecule has 1 aliphatic heterocycles. The molecule has 0 bridgehead atoms. The highest BCUT2D eigenvalue weighted by Gasteiger charge is 2.35. The summed E-state index contributed by atoms with van der Waals surface area (Å²) in [6, 6.07) is 3.59. The molecule has 1 saturated heterocycles. The van der Waals surface area contributed by atoms with Gasteiger partial charge < -0.3 is 19.5 Å². The summed E-state index contributed by atoms with van der Waals surface area (Å²) in [6.45, 7) is 0.546. The van der Waals surface area contributed by atoms with Gasteiger partial charge in [-0.25, -0.2) is 9.07 Å². The van der Waals surface area contributed by atoms with Gasteiger partial charge in [0.05, 0.1) is 11.7 Å². The van der Waals surface area contributed by atoms with Gasteiger partial charge in [0.2, 0.25) is 0 Å². The van der Waals surface area contributed by atoms with Crippen molar-refractivity contribution in [3.63, 3.8) is 0 Å². The van der Waals surface area contributed by atoms with Gasteiger partial charge in [-0.05, 0) is 36.8 Å². The minimum absolute atomic E-state index is 0.147. The van der Waals surface area contributed by atoms with Gasteiger partial charge in [0.15, 0.2) is 17.8 Å². The lowest BCUT2D eigenvalue weighted by Gasteiger charge is -2.24. The Kier molecular flexibility index (Phi) is 4.68. The number of hydrogen-bond acceptors (Lipinski definition) is 5. The van der Waals surface area contributed by atoms with Crippen LogP contribution >= 0.6 is 0 Å². The number of rotatable bonds is 3. The van der Waals surface area contributed by atoms with Crippen molar-refractivity contribution in [3.05, 3.63) is 30.2 Å². The number of hydrogen-bond donors (Lipinski definition) is 2. The first-order valence-corrected chi connectivity index (χ1v) is 8.62. The van der Waals surface area contributed by atoms with E-state index in [4.69, 9.17) is 4.74 Å². The number of aromatic nitrogens is 2. The first kappa shape index (κ1) is 19.0. The number of halogens is 4. The molecular weight excluding hydrogens is 383 g/mol. The molecule has 3 aromatic rings. The number of fused-ring (bicyclic) bond motifs is 2. The second kappa shape index (κ2) is 6.91. The Bertz CT molecular complexity index is 1030. The highest BCUT2D eigenvalue weighted by Crippen LogP contribution is 2.35. The minimum atomic E-state index is -5.15. The van der Waals surface area contributed by atoms with Crippen molar-refractivity contribution in [2.45, 2.75) is 31.9 Å². The van der Waals surface area contributed by atoms with Crippen molar-refractivity contribution in [2.24, 2.45) is 0 Å². The van der Waals surface area contributed by atoms with E-state index in [2.05, 4.69) is 9.84 Å². The molecule has 4 rings (SSSR count). The van der Waals surface area contributed by atoms with E-state index in [0.717, 1.165) is 18.9 Å². The van der Waals surface area contributed by atoms with Crippen LogP contribution in [0, 0.1) is 5.82 Å². The number of benzene rings is 2. The van der Waals surface area contributed by atoms with Crippen LogP contribution in [0.15, 0.2) is 24.4 Å². The van der Waals surface area contributed by atoms with E-state index >= 15 is 0 Å². The fraction of sp³-hybridized carbons (Fsp3) is 0.353. The van der Waals surface area contributed by atoms with Crippen LogP contribution in [0.2, 0.25) is 0 Å². The maximum absolute atomic E-state index is 14.2. The summed E-state index contributed by atoms with van der Waals surface area (Å²) in [5.41, 5.74) is 0.125. The van der Waals surface area contributed by atoms with Crippen molar-refractivity contribution < 1.29 is 37.1 Å². The van der Waals surface area contributed by atoms with Gasteiger partial charge in [-0.1, -0.05) is 6.07 Å². The molecule has 1 aliphatic rings. The summed E-state index contributed by atoms with van der Waals surface area (Å²) >= 11 is 0. The second-order valence-corrected chi connectivity index (χ2v) is 6.53. The Balaban J connectivity index is 2.01. The maximum atomic E-state index is 14.2. The van der Waals surface area contributed by atoms with Crippen LogP contribution in [0.1, 0.15) is 25.5 Å². The van der Waals surface area contributed by atoms with Gasteiger partial charge in [-0.2, -0.15) is 5.10 Å². The molecule has 1 aromatic heterocycles. The van der Waals surface area contributed by atoms with E-state index < -0.39 is 25.0 Å². The molecule has 0 amide bonds. The Hall–Kier alpha value is -2.37. The smallest absolute Gasteiger partial charge is 0.423 e. The average molecular weight is 398 g/mol. The van der Waals surface area contributed by atoms with E-state index in [1.807, 2.05) is 0 Å². The maximum Gasteiger partial charge on any atom is 0.573 e. The monoisotopic (exact) mass is 398 g/mol. The van der Waals surface area contributed by atoms with Gasteiger partial charge >= 0.3 is 13.5 Å². The zero-order valence-corrected chi connectivity index (χ0v) is 14.4. The normalized spacial score (nSPS) is 18.0. The quantitative estimate of drug-likeness (QED) is 0.524. The third-order valence-corrected chi connectivity index (χ3v) is 4.73. The third kappa shape index (κ3) is 3.29. The van der Waals surface area contributed by atoms with E-state index in [9.17, 15) is 27.6 Å². The zero-order valence-electron chi connectivity index (χ0n) is 14.4. The van der Waals surface area contributed by atoms with Crippen molar-refractivity contribution >= 4 is 34.3 Å². The van der Waals surface area contributed by atoms with Crippen molar-refractivity contribution in [1.29, 1.82) is 0 Å². The Labute approximate surface area is 156 Å². The largest absolute Gasteiger partial charge is 0.573 e. The molecule has 1 fully saturated rings. The van der Waals surface area contributed by atoms with Gasteiger partial charge in [0, 0.05) is 22.8 Å². The number of nitrogens with zero attached hydrogens (tertiary/aromatic N) is 2. The summed E-state index contributed by atoms with van der Waals surface area (Å²) in [5, 5.41) is 23.9. The Morgan fingerprint density at radius 1 is 1.25 bits per heavy atom. The molecular formula is C17H15BF4N2O4. The van der Waals surface area contributed by atoms with Crippen molar-refractivity contribution in [3.8, 4) is 5.75 Å². The van der Waals surface area contributed by atoms with Crippen molar-refractivity contribution in [2.75, 3.05) is 6.61 Å². The first-order chi connectivity index (χ1) is 13.3. The highest BCUT2D eigenvalue weighted by atomic mass is 19.4. The van der Waals surface area contributed by atoms with Crippen LogP contribution in [0.5, 0.6) is 5.75 Å². The molecule has 1 unspecified atom stereocenters. The summed E-state index contributed by atoms with van der Waals surface area (Å²) < 4.78 is 63.7. The minimum Gasteiger partial charge on any atom is -0.423 e. The van der Waals surface area contributed by atoms with Crippen LogP contribution in [0.3, 0.4) is 0 Å². The van der Waals surface area contributed by atoms with Gasteiger partial charge in [-0.15, -0.1) is 13.2 Å². The van der Waals surface area contributed by atoms with Crippen molar-refractivity contribution in [1.82, 2.24) is 9.78 Å². The van der Waals surface area contributed by atoms with Crippen LogP contribution in [-0.4, -0.2) is 39.9 Å². The van der Waals surface area contributed by atoms with Crippen LogP contribution in [-0.2, 0) is 4.74 Å². The standard InChI is InChI=1S/C17H15BF4N2O4/c19-11-5-4-9-7-12-10(8-23-24(12)13-3-1-2-6-27-13)15(18(25)26)14(9)16(11)28-17(20,21)22/h4-5,7-8,13,25-26H,1-3,6H2. The molecule has 6 nitrogen and oxygen atoms in total. The summed E-state index contributed by atoms with van der Waals surface area (Å²) in [4.78, 5) is 0. The Morgan fingerprint density at radius 3 is 2.68 bits per heavy atom. The molecule has 0 spiro atoms. The molecule has 148 valence electrons. The molecule has 1 atom stereocenters. The third-order valence-electron chi connectivity index (χ3n) is 4.73. The summed E-state index contributed by atoms with van der Waals surface area (Å²) in [7, 11) is -2.17. The van der Waals surface area contributed by atoms with E-state index in [1.54, 1.807) is 4.68 Å². The molecule has 2 aromatic carbocycles. The van der Waals surface area contributed by atoms with E-state index in [1.165, 1.54) is 18.3 Å². The van der Waals surface area contributed by atoms with Crippen LogP contribution in [0.25, 0.3) is 21.7 Å². The van der Waals surface area contributed by atoms with Gasteiger partial charge in [-0.3, -0.25) is 0 Å². The van der Waals surface area contributed by atoms with Gasteiger partial charge in [0.1, 0.15) is 0 Å². The molecule has 2 heterocycles. The predicted octanol–water partition coefficient (Wildman–Crippen LogP) is 2.61. The topological polar surface area (TPSA) is 76.7 Å². The lowest BCUT2D eigenvalue weighted by atomic mass is 9.74. The van der Waals surface area contributed by atoms with Crippen LogP contribution < -0.4 is 10.2 Å². The SMILES string of the molecule is OB(O)c1c2cnn(C3CCCCO3)c2cc2ccc(F)c(OC(F)(F)F)c12. The molecule has 11 heteroatoms. The van der Waals surface area contributed by atoms with E-state index in [0.29, 0.717) is 18.5 Å². The molecule has 0 saturated carbocycles. The predicted molar refractivity (Wildman–Crippen MR) is 92.5 cm³/mol. The number of alkyl halides is 3. The molecule has 0 radical (unpaired) electrons. The van der Waals surface area contributed by atoms with E-state index in [-0.39, 0.29) is 27.8 Å².